The summed E-state index contributed by atoms with van der Waals surface area (Å²) >= 11 is 0. The minimum Gasteiger partial charge on any atom is -0.476 e. The fraction of sp³-hybridized carbons (Fsp3) is 0.692. The molecule has 2 heterocycles. The van der Waals surface area contributed by atoms with Crippen molar-refractivity contribution in [2.45, 2.75) is 45.2 Å². The molecule has 1 aliphatic heterocycles. The lowest BCUT2D eigenvalue weighted by Crippen LogP contribution is -2.35. The standard InChI is InChI=1S/C13H21N5O3/c1-8(2)15-10(19)7-18-12(9-3-5-14-6-4-9)11(13(20)21)16-17-18/h8-9,14H,3-7H2,1-2H3,(H,15,19)(H,20,21). The van der Waals surface area contributed by atoms with Gasteiger partial charge in [-0.15, -0.1) is 5.10 Å². The Labute approximate surface area is 122 Å². The lowest BCUT2D eigenvalue weighted by Gasteiger charge is -2.23. The van der Waals surface area contributed by atoms with Crippen LogP contribution in [-0.2, 0) is 11.3 Å². The lowest BCUT2D eigenvalue weighted by atomic mass is 9.93. The average Bonchev–Trinajstić information content (AvgIpc) is 2.82. The highest BCUT2D eigenvalue weighted by atomic mass is 16.4. The molecular formula is C13H21N5O3. The Balaban J connectivity index is 2.24. The van der Waals surface area contributed by atoms with E-state index in [1.165, 1.54) is 4.68 Å². The van der Waals surface area contributed by atoms with Gasteiger partial charge in [-0.3, -0.25) is 4.79 Å². The number of hydrogen-bond acceptors (Lipinski definition) is 5. The fourth-order valence-electron chi connectivity index (χ4n) is 2.59. The van der Waals surface area contributed by atoms with E-state index < -0.39 is 5.97 Å². The molecule has 8 heteroatoms. The molecule has 1 aromatic heterocycles. The Bertz CT molecular complexity index is 520. The molecule has 1 amide bonds. The summed E-state index contributed by atoms with van der Waals surface area (Å²) in [5.74, 6) is -1.22. The molecule has 1 fully saturated rings. The number of piperidine rings is 1. The van der Waals surface area contributed by atoms with Gasteiger partial charge in [-0.2, -0.15) is 0 Å². The van der Waals surface area contributed by atoms with Crippen LogP contribution in [0, 0.1) is 0 Å². The summed E-state index contributed by atoms with van der Waals surface area (Å²) in [5.41, 5.74) is 0.516. The summed E-state index contributed by atoms with van der Waals surface area (Å²) in [6, 6.07) is 0.0299. The number of carboxylic acid groups (broad SMARTS) is 1. The van der Waals surface area contributed by atoms with E-state index in [0.29, 0.717) is 5.69 Å². The summed E-state index contributed by atoms with van der Waals surface area (Å²) in [5, 5.41) is 22.9. The van der Waals surface area contributed by atoms with Gasteiger partial charge in [0.15, 0.2) is 5.69 Å². The number of nitrogens with one attached hydrogen (secondary N) is 2. The Morgan fingerprint density at radius 2 is 2.10 bits per heavy atom. The maximum absolute atomic E-state index is 11.9. The van der Waals surface area contributed by atoms with Gasteiger partial charge in [0, 0.05) is 12.0 Å². The predicted octanol–water partition coefficient (Wildman–Crippen LogP) is -0.0321. The van der Waals surface area contributed by atoms with E-state index in [1.54, 1.807) is 0 Å². The van der Waals surface area contributed by atoms with Gasteiger partial charge >= 0.3 is 5.97 Å². The third-order valence-corrected chi connectivity index (χ3v) is 3.44. The van der Waals surface area contributed by atoms with Crippen molar-refractivity contribution in [2.24, 2.45) is 0 Å². The van der Waals surface area contributed by atoms with Crippen LogP contribution in [0.1, 0.15) is 48.8 Å². The second-order valence-corrected chi connectivity index (χ2v) is 5.53. The van der Waals surface area contributed by atoms with E-state index in [4.69, 9.17) is 0 Å². The van der Waals surface area contributed by atoms with Crippen molar-refractivity contribution in [2.75, 3.05) is 13.1 Å². The van der Waals surface area contributed by atoms with Gasteiger partial charge in [-0.25, -0.2) is 9.48 Å². The second-order valence-electron chi connectivity index (χ2n) is 5.53. The molecule has 2 rings (SSSR count). The van der Waals surface area contributed by atoms with Crippen LogP contribution in [0.25, 0.3) is 0 Å². The number of amides is 1. The van der Waals surface area contributed by atoms with Crippen LogP contribution in [0.5, 0.6) is 0 Å². The number of rotatable bonds is 5. The molecule has 1 saturated heterocycles. The monoisotopic (exact) mass is 295 g/mol. The molecule has 1 aromatic rings. The highest BCUT2D eigenvalue weighted by molar-refractivity contribution is 5.87. The van der Waals surface area contributed by atoms with Gasteiger partial charge in [-0.1, -0.05) is 5.21 Å². The quantitative estimate of drug-likeness (QED) is 0.703. The van der Waals surface area contributed by atoms with Gasteiger partial charge in [0.2, 0.25) is 5.91 Å². The minimum absolute atomic E-state index is 0.00226. The zero-order valence-electron chi connectivity index (χ0n) is 12.3. The van der Waals surface area contributed by atoms with E-state index >= 15 is 0 Å². The number of aromatic nitrogens is 3. The number of carbonyl (C=O) groups is 2. The van der Waals surface area contributed by atoms with Gasteiger partial charge in [0.05, 0.1) is 5.69 Å². The first kappa shape index (κ1) is 15.4. The maximum atomic E-state index is 11.9. The topological polar surface area (TPSA) is 109 Å². The van der Waals surface area contributed by atoms with Crippen LogP contribution in [0.15, 0.2) is 0 Å². The van der Waals surface area contributed by atoms with Crippen molar-refractivity contribution in [3.8, 4) is 0 Å². The molecule has 1 aliphatic rings. The van der Waals surface area contributed by atoms with E-state index in [-0.39, 0.29) is 30.1 Å². The first-order chi connectivity index (χ1) is 9.99. The zero-order valence-corrected chi connectivity index (χ0v) is 12.3. The van der Waals surface area contributed by atoms with Gasteiger partial charge in [0.25, 0.3) is 0 Å². The zero-order chi connectivity index (χ0) is 15.4. The van der Waals surface area contributed by atoms with Crippen LogP contribution >= 0.6 is 0 Å². The Hall–Kier alpha value is -1.96. The van der Waals surface area contributed by atoms with E-state index in [0.717, 1.165) is 25.9 Å². The molecule has 0 unspecified atom stereocenters. The second kappa shape index (κ2) is 6.66. The molecule has 0 aromatic carbocycles. The molecule has 0 aliphatic carbocycles. The van der Waals surface area contributed by atoms with Gasteiger partial charge in [-0.05, 0) is 39.8 Å². The van der Waals surface area contributed by atoms with Crippen molar-refractivity contribution in [1.29, 1.82) is 0 Å². The number of nitrogens with zero attached hydrogens (tertiary/aromatic N) is 3. The predicted molar refractivity (Wildman–Crippen MR) is 75.1 cm³/mol. The molecule has 0 spiro atoms. The lowest BCUT2D eigenvalue weighted by molar-refractivity contribution is -0.122. The van der Waals surface area contributed by atoms with Crippen LogP contribution in [-0.4, -0.2) is 51.1 Å². The summed E-state index contributed by atoms with van der Waals surface area (Å²) in [7, 11) is 0. The molecule has 3 N–H and O–H groups in total. The number of carbonyl (C=O) groups excluding carboxylic acids is 1. The fourth-order valence-corrected chi connectivity index (χ4v) is 2.59. The third kappa shape index (κ3) is 3.78. The van der Waals surface area contributed by atoms with Gasteiger partial charge < -0.3 is 15.7 Å². The highest BCUT2D eigenvalue weighted by Gasteiger charge is 2.28. The molecule has 0 saturated carbocycles. The van der Waals surface area contributed by atoms with Crippen molar-refractivity contribution < 1.29 is 14.7 Å². The Morgan fingerprint density at radius 1 is 1.43 bits per heavy atom. The van der Waals surface area contributed by atoms with E-state index in [1.807, 2.05) is 13.8 Å². The largest absolute Gasteiger partial charge is 0.476 e. The normalized spacial score (nSPS) is 16.1. The summed E-state index contributed by atoms with van der Waals surface area (Å²) in [6.07, 6.45) is 1.64. The van der Waals surface area contributed by atoms with Crippen molar-refractivity contribution in [1.82, 2.24) is 25.6 Å². The average molecular weight is 295 g/mol. The van der Waals surface area contributed by atoms with Crippen molar-refractivity contribution in [3.05, 3.63) is 11.4 Å². The number of hydrogen-bond donors (Lipinski definition) is 3. The molecule has 8 nitrogen and oxygen atoms in total. The first-order valence-corrected chi connectivity index (χ1v) is 7.15. The summed E-state index contributed by atoms with van der Waals surface area (Å²) in [6.45, 7) is 5.39. The molecule has 116 valence electrons. The highest BCUT2D eigenvalue weighted by Crippen LogP contribution is 2.27. The van der Waals surface area contributed by atoms with Crippen LogP contribution in [0.3, 0.4) is 0 Å². The van der Waals surface area contributed by atoms with E-state index in [9.17, 15) is 14.7 Å². The smallest absolute Gasteiger partial charge is 0.358 e. The third-order valence-electron chi connectivity index (χ3n) is 3.44. The summed E-state index contributed by atoms with van der Waals surface area (Å²) in [4.78, 5) is 23.2. The number of aromatic carboxylic acids is 1. The maximum Gasteiger partial charge on any atom is 0.358 e. The minimum atomic E-state index is -1.10. The Kier molecular flexibility index (Phi) is 4.89. The van der Waals surface area contributed by atoms with Crippen molar-refractivity contribution in [3.63, 3.8) is 0 Å². The van der Waals surface area contributed by atoms with Crippen LogP contribution in [0.2, 0.25) is 0 Å². The van der Waals surface area contributed by atoms with Crippen molar-refractivity contribution >= 4 is 11.9 Å². The number of carboxylic acids is 1. The van der Waals surface area contributed by atoms with Crippen LogP contribution in [0.4, 0.5) is 0 Å². The van der Waals surface area contributed by atoms with E-state index in [2.05, 4.69) is 20.9 Å². The SMILES string of the molecule is CC(C)NC(=O)Cn1nnc(C(=O)O)c1C1CCNCC1. The molecule has 21 heavy (non-hydrogen) atoms. The van der Waals surface area contributed by atoms with Gasteiger partial charge in [0.1, 0.15) is 6.54 Å². The molecular weight excluding hydrogens is 274 g/mol. The molecule has 0 radical (unpaired) electrons. The molecule has 0 atom stereocenters. The van der Waals surface area contributed by atoms with Crippen LogP contribution < -0.4 is 10.6 Å². The molecule has 0 bridgehead atoms. The summed E-state index contributed by atoms with van der Waals surface area (Å²) < 4.78 is 1.43. The Morgan fingerprint density at radius 3 is 2.67 bits per heavy atom. The first-order valence-electron chi connectivity index (χ1n) is 7.15.